The van der Waals surface area contributed by atoms with Crippen molar-refractivity contribution >= 4 is 28.1 Å². The predicted molar refractivity (Wildman–Crippen MR) is 69.7 cm³/mol. The predicted octanol–water partition coefficient (Wildman–Crippen LogP) is 2.52. The summed E-state index contributed by atoms with van der Waals surface area (Å²) in [5.74, 6) is -0.0949. The van der Waals surface area contributed by atoms with Gasteiger partial charge in [0, 0.05) is 11.1 Å². The minimum atomic E-state index is -0.878. The molecule has 0 atom stereocenters. The zero-order valence-electron chi connectivity index (χ0n) is 9.71. The van der Waals surface area contributed by atoms with Crippen molar-refractivity contribution in [1.29, 1.82) is 0 Å². The molecule has 1 aromatic heterocycles. The van der Waals surface area contributed by atoms with Gasteiger partial charge in [-0.2, -0.15) is 0 Å². The maximum Gasteiger partial charge on any atom is 0.309 e. The number of aliphatic carboxylic acids is 1. The van der Waals surface area contributed by atoms with E-state index in [2.05, 4.69) is 10.3 Å². The van der Waals surface area contributed by atoms with E-state index in [1.165, 1.54) is 11.3 Å². The summed E-state index contributed by atoms with van der Waals surface area (Å²) in [5, 5.41) is 14.2. The smallest absolute Gasteiger partial charge is 0.309 e. The second kappa shape index (κ2) is 5.50. The first kappa shape index (κ1) is 12.4. The van der Waals surface area contributed by atoms with Gasteiger partial charge in [0.2, 0.25) is 0 Å². The van der Waals surface area contributed by atoms with Crippen molar-refractivity contribution in [2.24, 2.45) is 0 Å². The molecular weight excluding hydrogens is 252 g/mol. The Kier molecular flexibility index (Phi) is 3.78. The van der Waals surface area contributed by atoms with E-state index in [9.17, 15) is 4.79 Å². The Balaban J connectivity index is 2.03. The van der Waals surface area contributed by atoms with Crippen LogP contribution in [0, 0.1) is 0 Å². The van der Waals surface area contributed by atoms with E-state index in [1.54, 1.807) is 12.5 Å². The van der Waals surface area contributed by atoms with Gasteiger partial charge in [-0.1, -0.05) is 0 Å². The van der Waals surface area contributed by atoms with Crippen molar-refractivity contribution in [3.63, 3.8) is 0 Å². The van der Waals surface area contributed by atoms with Gasteiger partial charge < -0.3 is 15.2 Å². The fraction of sp³-hybridized carbons (Fsp3) is 0.167. The highest BCUT2D eigenvalue weighted by atomic mass is 32.1. The van der Waals surface area contributed by atoms with Crippen LogP contribution in [0.1, 0.15) is 5.69 Å². The molecule has 5 nitrogen and oxygen atoms in total. The van der Waals surface area contributed by atoms with Crippen molar-refractivity contribution < 1.29 is 14.6 Å². The van der Waals surface area contributed by atoms with Crippen LogP contribution in [0.25, 0.3) is 0 Å². The van der Waals surface area contributed by atoms with E-state index in [1.807, 2.05) is 24.3 Å². The Hall–Kier alpha value is -2.08. The lowest BCUT2D eigenvalue weighted by atomic mass is 10.3. The van der Waals surface area contributed by atoms with Crippen molar-refractivity contribution in [3.8, 4) is 5.75 Å². The lowest BCUT2D eigenvalue weighted by Crippen LogP contribution is -2.00. The van der Waals surface area contributed by atoms with Crippen LogP contribution in [-0.2, 0) is 11.2 Å². The summed E-state index contributed by atoms with van der Waals surface area (Å²) in [7, 11) is 1.61. The van der Waals surface area contributed by atoms with Gasteiger partial charge >= 0.3 is 5.97 Å². The quantitative estimate of drug-likeness (QED) is 0.868. The fourth-order valence-corrected chi connectivity index (χ4v) is 2.13. The third-order valence-electron chi connectivity index (χ3n) is 2.23. The number of thiazole rings is 1. The van der Waals surface area contributed by atoms with E-state index < -0.39 is 5.97 Å². The van der Waals surface area contributed by atoms with Crippen LogP contribution in [-0.4, -0.2) is 23.2 Å². The van der Waals surface area contributed by atoms with E-state index in [0.717, 1.165) is 11.4 Å². The molecule has 0 saturated heterocycles. The lowest BCUT2D eigenvalue weighted by Gasteiger charge is -2.03. The summed E-state index contributed by atoms with van der Waals surface area (Å²) >= 11 is 1.38. The van der Waals surface area contributed by atoms with Crippen molar-refractivity contribution in [3.05, 3.63) is 35.3 Å². The number of carboxylic acids is 1. The number of rotatable bonds is 5. The minimum Gasteiger partial charge on any atom is -0.497 e. The van der Waals surface area contributed by atoms with Crippen molar-refractivity contribution in [2.45, 2.75) is 6.42 Å². The van der Waals surface area contributed by atoms with Crippen LogP contribution >= 0.6 is 11.3 Å². The molecule has 94 valence electrons. The first-order valence-electron chi connectivity index (χ1n) is 5.24. The van der Waals surface area contributed by atoms with Crippen LogP contribution in [0.5, 0.6) is 5.75 Å². The van der Waals surface area contributed by atoms with Crippen molar-refractivity contribution in [1.82, 2.24) is 4.98 Å². The van der Waals surface area contributed by atoms with E-state index in [-0.39, 0.29) is 6.42 Å². The normalized spacial score (nSPS) is 10.1. The number of nitrogens with one attached hydrogen (secondary N) is 1. The molecule has 1 heterocycles. The van der Waals surface area contributed by atoms with Crippen LogP contribution in [0.2, 0.25) is 0 Å². The van der Waals surface area contributed by atoms with Gasteiger partial charge in [-0.3, -0.25) is 4.79 Å². The molecule has 18 heavy (non-hydrogen) atoms. The molecule has 0 aliphatic heterocycles. The number of nitrogens with zero attached hydrogens (tertiary/aromatic N) is 1. The number of methoxy groups -OCH3 is 1. The summed E-state index contributed by atoms with van der Waals surface area (Å²) in [6, 6.07) is 7.43. The summed E-state index contributed by atoms with van der Waals surface area (Å²) in [4.78, 5) is 14.7. The maximum absolute atomic E-state index is 10.5. The van der Waals surface area contributed by atoms with E-state index in [4.69, 9.17) is 9.84 Å². The number of benzene rings is 1. The second-order valence-corrected chi connectivity index (χ2v) is 4.43. The average molecular weight is 264 g/mol. The molecule has 1 aromatic carbocycles. The van der Waals surface area contributed by atoms with Crippen LogP contribution < -0.4 is 10.1 Å². The molecule has 0 spiro atoms. The third kappa shape index (κ3) is 3.21. The number of hydrogen-bond donors (Lipinski definition) is 2. The highest BCUT2D eigenvalue weighted by Gasteiger charge is 2.06. The Morgan fingerprint density at radius 3 is 2.78 bits per heavy atom. The Morgan fingerprint density at radius 2 is 2.17 bits per heavy atom. The molecule has 0 saturated carbocycles. The minimum absolute atomic E-state index is 0.0548. The highest BCUT2D eigenvalue weighted by Crippen LogP contribution is 2.22. The summed E-state index contributed by atoms with van der Waals surface area (Å²) in [5.41, 5.74) is 1.44. The van der Waals surface area contributed by atoms with Gasteiger partial charge in [0.25, 0.3) is 0 Å². The Labute approximate surface area is 108 Å². The molecule has 0 bridgehead atoms. The summed E-state index contributed by atoms with van der Waals surface area (Å²) < 4.78 is 5.06. The van der Waals surface area contributed by atoms with E-state index >= 15 is 0 Å². The van der Waals surface area contributed by atoms with Gasteiger partial charge in [-0.05, 0) is 24.3 Å². The third-order valence-corrected chi connectivity index (χ3v) is 3.03. The largest absolute Gasteiger partial charge is 0.497 e. The fourth-order valence-electron chi connectivity index (χ4n) is 1.40. The van der Waals surface area contributed by atoms with Gasteiger partial charge in [-0.25, -0.2) is 4.98 Å². The summed E-state index contributed by atoms with van der Waals surface area (Å²) in [6.45, 7) is 0. The molecular formula is C12H12N2O3S. The van der Waals surface area contributed by atoms with E-state index in [0.29, 0.717) is 10.8 Å². The SMILES string of the molecule is COc1ccc(Nc2nc(CC(=O)O)cs2)cc1. The molecule has 6 heteroatoms. The molecule has 0 unspecified atom stereocenters. The molecule has 0 aliphatic rings. The molecule has 0 fully saturated rings. The summed E-state index contributed by atoms with van der Waals surface area (Å²) in [6.07, 6.45) is -0.0548. The average Bonchev–Trinajstić information content (AvgIpc) is 2.76. The van der Waals surface area contributed by atoms with Gasteiger partial charge in [0.1, 0.15) is 5.75 Å². The Morgan fingerprint density at radius 1 is 1.44 bits per heavy atom. The number of hydrogen-bond acceptors (Lipinski definition) is 5. The molecule has 2 N–H and O–H groups in total. The first-order chi connectivity index (χ1) is 8.67. The topological polar surface area (TPSA) is 71.5 Å². The van der Waals surface area contributed by atoms with Gasteiger partial charge in [0.05, 0.1) is 19.2 Å². The first-order valence-corrected chi connectivity index (χ1v) is 6.12. The monoisotopic (exact) mass is 264 g/mol. The molecule has 2 rings (SSSR count). The number of aromatic nitrogens is 1. The number of ether oxygens (including phenoxy) is 1. The van der Waals surface area contributed by atoms with Crippen LogP contribution in [0.15, 0.2) is 29.6 Å². The van der Waals surface area contributed by atoms with Crippen molar-refractivity contribution in [2.75, 3.05) is 12.4 Å². The zero-order valence-corrected chi connectivity index (χ0v) is 10.5. The zero-order chi connectivity index (χ0) is 13.0. The molecule has 0 aliphatic carbocycles. The Bertz CT molecular complexity index is 537. The maximum atomic E-state index is 10.5. The standard InChI is InChI=1S/C12H12N2O3S/c1-17-10-4-2-8(3-5-10)13-12-14-9(7-18-12)6-11(15)16/h2-5,7H,6H2,1H3,(H,13,14)(H,15,16). The van der Waals surface area contributed by atoms with Gasteiger partial charge in [0.15, 0.2) is 5.13 Å². The van der Waals surface area contributed by atoms with Gasteiger partial charge in [-0.15, -0.1) is 11.3 Å². The molecule has 0 amide bonds. The number of carbonyl (C=O) groups is 1. The molecule has 2 aromatic rings. The lowest BCUT2D eigenvalue weighted by molar-refractivity contribution is -0.136. The molecule has 0 radical (unpaired) electrons. The number of carboxylic acid groups (broad SMARTS) is 1. The van der Waals surface area contributed by atoms with Crippen LogP contribution in [0.3, 0.4) is 0 Å². The highest BCUT2D eigenvalue weighted by molar-refractivity contribution is 7.13. The van der Waals surface area contributed by atoms with Crippen LogP contribution in [0.4, 0.5) is 10.8 Å². The second-order valence-electron chi connectivity index (χ2n) is 3.57. The number of anilines is 2.